The summed E-state index contributed by atoms with van der Waals surface area (Å²) in [4.78, 5) is 14.9. The summed E-state index contributed by atoms with van der Waals surface area (Å²) in [5, 5.41) is 12.5. The normalized spacial score (nSPS) is 18.2. The Morgan fingerprint density at radius 1 is 0.863 bits per heavy atom. The van der Waals surface area contributed by atoms with E-state index >= 15 is 0 Å². The molecule has 0 saturated carbocycles. The maximum Gasteiger partial charge on any atom is 0.242 e. The Kier molecular flexibility index (Phi) is 11.9. The van der Waals surface area contributed by atoms with Crippen molar-refractivity contribution in [1.29, 1.82) is 0 Å². The molecule has 4 unspecified atom stereocenters. The quantitative estimate of drug-likeness (QED) is 0.0758. The van der Waals surface area contributed by atoms with Gasteiger partial charge in [-0.05, 0) is 66.4 Å². The number of amides is 1. The van der Waals surface area contributed by atoms with Crippen LogP contribution < -0.4 is 15.8 Å². The fourth-order valence-corrected chi connectivity index (χ4v) is 8.01. The molecule has 9 nitrogen and oxygen atoms in total. The van der Waals surface area contributed by atoms with Gasteiger partial charge < -0.3 is 25.6 Å². The van der Waals surface area contributed by atoms with Crippen LogP contribution in [0.2, 0.25) is 0 Å². The molecule has 5 aromatic carbocycles. The summed E-state index contributed by atoms with van der Waals surface area (Å²) < 4.78 is 42.5. The molecule has 1 amide bonds. The van der Waals surface area contributed by atoms with Crippen LogP contribution in [0.15, 0.2) is 137 Å². The summed E-state index contributed by atoms with van der Waals surface area (Å²) >= 11 is 1.62. The van der Waals surface area contributed by atoms with Crippen molar-refractivity contribution in [2.24, 2.45) is 0 Å². The molecule has 51 heavy (non-hydrogen) atoms. The van der Waals surface area contributed by atoms with Crippen molar-refractivity contribution in [3.05, 3.63) is 155 Å². The maximum atomic E-state index is 13.8. The summed E-state index contributed by atoms with van der Waals surface area (Å²) in [6.07, 6.45) is -0.487. The van der Waals surface area contributed by atoms with Gasteiger partial charge in [0.05, 0.1) is 23.7 Å². The molecule has 1 saturated heterocycles. The van der Waals surface area contributed by atoms with Gasteiger partial charge in [-0.15, -0.1) is 11.8 Å². The number of nitrogen functional groups attached to an aromatic ring is 1. The number of ether oxygens (including phenoxy) is 2. The van der Waals surface area contributed by atoms with Crippen LogP contribution in [0, 0.1) is 6.92 Å². The smallest absolute Gasteiger partial charge is 0.242 e. The average Bonchev–Trinajstić information content (AvgIpc) is 3.15. The van der Waals surface area contributed by atoms with E-state index in [-0.39, 0.29) is 30.1 Å². The third-order valence-electron chi connectivity index (χ3n) is 8.61. The van der Waals surface area contributed by atoms with Crippen LogP contribution >= 0.6 is 11.8 Å². The Morgan fingerprint density at radius 3 is 2.31 bits per heavy atom. The molecule has 0 radical (unpaired) electrons. The number of hydrogen-bond acceptors (Lipinski definition) is 8. The SMILES string of the molecule is Cc1ccc(S(=O)(=O)NC(Cc2ccccc2)C(=O)Nc2cccc(C3OC(CSc4ccccc4N)CC(c4ccc(CO)cc4)O3)c2)cc1. The molecule has 1 aliphatic rings. The second-order valence-corrected chi connectivity index (χ2v) is 15.3. The van der Waals surface area contributed by atoms with Crippen LogP contribution in [0.1, 0.15) is 46.6 Å². The molecule has 0 spiro atoms. The molecule has 11 heteroatoms. The highest BCUT2D eigenvalue weighted by Crippen LogP contribution is 2.40. The highest BCUT2D eigenvalue weighted by molar-refractivity contribution is 7.99. The molecule has 1 heterocycles. The van der Waals surface area contributed by atoms with Gasteiger partial charge >= 0.3 is 0 Å². The molecule has 6 rings (SSSR count). The average molecular weight is 724 g/mol. The topological polar surface area (TPSA) is 140 Å². The number of hydrogen-bond donors (Lipinski definition) is 4. The number of carbonyl (C=O) groups is 1. The first-order valence-corrected chi connectivity index (χ1v) is 19.2. The van der Waals surface area contributed by atoms with E-state index in [1.165, 1.54) is 12.1 Å². The van der Waals surface area contributed by atoms with Crippen molar-refractivity contribution >= 4 is 39.1 Å². The van der Waals surface area contributed by atoms with E-state index < -0.39 is 28.3 Å². The van der Waals surface area contributed by atoms with Gasteiger partial charge in [-0.2, -0.15) is 4.72 Å². The standard InChI is InChI=1S/C40H41N3O6S2/c1-27-14-20-34(21-15-27)51(46,47)43-36(22-28-8-3-2-4-9-28)39(45)42-32-11-7-10-31(23-32)40-48-33(26-50-38-13-6-5-12-35(38)41)24-37(49-40)30-18-16-29(25-44)17-19-30/h2-21,23,33,36-37,40,43-44H,22,24-26,41H2,1H3,(H,42,45). The minimum absolute atomic E-state index is 0.0482. The van der Waals surface area contributed by atoms with Gasteiger partial charge in [-0.3, -0.25) is 4.79 Å². The number of rotatable bonds is 13. The molecule has 5 N–H and O–H groups in total. The van der Waals surface area contributed by atoms with Gasteiger partial charge in [0.25, 0.3) is 0 Å². The van der Waals surface area contributed by atoms with Gasteiger partial charge in [-0.1, -0.05) is 96.6 Å². The molecule has 0 aromatic heterocycles. The second kappa shape index (κ2) is 16.7. The number of aryl methyl sites for hydroxylation is 1. The van der Waals surface area contributed by atoms with Crippen LogP contribution in [0.3, 0.4) is 0 Å². The molecular weight excluding hydrogens is 683 g/mol. The van der Waals surface area contributed by atoms with E-state index in [0.717, 1.165) is 27.1 Å². The van der Waals surface area contributed by atoms with Crippen LogP contribution in [0.25, 0.3) is 0 Å². The number of para-hydroxylation sites is 1. The summed E-state index contributed by atoms with van der Waals surface area (Å²) in [5.41, 5.74) is 11.6. The monoisotopic (exact) mass is 723 g/mol. The predicted octanol–water partition coefficient (Wildman–Crippen LogP) is 6.94. The number of carbonyl (C=O) groups excluding carboxylic acids is 1. The minimum Gasteiger partial charge on any atom is -0.398 e. The van der Waals surface area contributed by atoms with Gasteiger partial charge in [0.2, 0.25) is 15.9 Å². The number of benzene rings is 5. The fraction of sp³-hybridized carbons (Fsp3) is 0.225. The number of aliphatic hydroxyl groups excluding tert-OH is 1. The molecule has 264 valence electrons. The molecular formula is C40H41N3O6S2. The number of thioether (sulfide) groups is 1. The summed E-state index contributed by atoms with van der Waals surface area (Å²) in [5.74, 6) is 0.131. The first kappa shape index (κ1) is 36.3. The van der Waals surface area contributed by atoms with E-state index in [0.29, 0.717) is 29.1 Å². The van der Waals surface area contributed by atoms with Crippen molar-refractivity contribution < 1.29 is 27.8 Å². The zero-order valence-corrected chi connectivity index (χ0v) is 29.8. The lowest BCUT2D eigenvalue weighted by atomic mass is 10.0. The van der Waals surface area contributed by atoms with E-state index in [4.69, 9.17) is 15.2 Å². The Hall–Kier alpha value is -4.49. The third-order valence-corrected chi connectivity index (χ3v) is 11.3. The predicted molar refractivity (Wildman–Crippen MR) is 201 cm³/mol. The Morgan fingerprint density at radius 2 is 1.59 bits per heavy atom. The Balaban J connectivity index is 1.22. The minimum atomic E-state index is -4.01. The fourth-order valence-electron chi connectivity index (χ4n) is 5.82. The maximum absolute atomic E-state index is 13.8. The molecule has 4 atom stereocenters. The first-order chi connectivity index (χ1) is 24.7. The molecule has 0 aliphatic carbocycles. The van der Waals surface area contributed by atoms with Crippen LogP contribution in [-0.4, -0.2) is 37.3 Å². The Labute approximate surface area is 303 Å². The number of aliphatic hydroxyl groups is 1. The van der Waals surface area contributed by atoms with E-state index in [1.807, 2.05) is 91.9 Å². The van der Waals surface area contributed by atoms with Gasteiger partial charge in [0.15, 0.2) is 6.29 Å². The zero-order chi connectivity index (χ0) is 35.8. The van der Waals surface area contributed by atoms with Crippen molar-refractivity contribution in [2.45, 2.75) is 60.7 Å². The Bertz CT molecular complexity index is 2030. The number of sulfonamides is 1. The lowest BCUT2D eigenvalue weighted by Crippen LogP contribution is -2.45. The highest BCUT2D eigenvalue weighted by atomic mass is 32.2. The lowest BCUT2D eigenvalue weighted by molar-refractivity contribution is -0.245. The molecule has 1 aliphatic heterocycles. The van der Waals surface area contributed by atoms with Crippen molar-refractivity contribution in [2.75, 3.05) is 16.8 Å². The van der Waals surface area contributed by atoms with Crippen molar-refractivity contribution in [1.82, 2.24) is 4.72 Å². The summed E-state index contributed by atoms with van der Waals surface area (Å²) in [6.45, 7) is 1.83. The van der Waals surface area contributed by atoms with Crippen molar-refractivity contribution in [3.8, 4) is 0 Å². The third kappa shape index (κ3) is 9.65. The molecule has 1 fully saturated rings. The number of nitrogens with two attached hydrogens (primary N) is 1. The van der Waals surface area contributed by atoms with Crippen molar-refractivity contribution in [3.63, 3.8) is 0 Å². The van der Waals surface area contributed by atoms with Crippen LogP contribution in [-0.2, 0) is 37.3 Å². The molecule has 5 aromatic rings. The number of nitrogens with one attached hydrogen (secondary N) is 2. The van der Waals surface area contributed by atoms with Gasteiger partial charge in [0, 0.05) is 34.0 Å². The summed E-state index contributed by atoms with van der Waals surface area (Å²) in [7, 11) is -4.01. The molecule has 0 bridgehead atoms. The van der Waals surface area contributed by atoms with Crippen LogP contribution in [0.4, 0.5) is 11.4 Å². The summed E-state index contributed by atoms with van der Waals surface area (Å²) in [6, 6.07) is 37.3. The van der Waals surface area contributed by atoms with E-state index in [1.54, 1.807) is 42.1 Å². The van der Waals surface area contributed by atoms with E-state index in [2.05, 4.69) is 10.0 Å². The first-order valence-electron chi connectivity index (χ1n) is 16.7. The lowest BCUT2D eigenvalue weighted by Gasteiger charge is -2.36. The number of anilines is 2. The highest BCUT2D eigenvalue weighted by Gasteiger charge is 2.33. The van der Waals surface area contributed by atoms with Gasteiger partial charge in [-0.25, -0.2) is 8.42 Å². The largest absolute Gasteiger partial charge is 0.398 e. The second-order valence-electron chi connectivity index (χ2n) is 12.5. The van der Waals surface area contributed by atoms with Gasteiger partial charge in [0.1, 0.15) is 6.04 Å². The zero-order valence-electron chi connectivity index (χ0n) is 28.1. The van der Waals surface area contributed by atoms with Crippen LogP contribution in [0.5, 0.6) is 0 Å². The van der Waals surface area contributed by atoms with E-state index in [9.17, 15) is 18.3 Å².